The van der Waals surface area contributed by atoms with Crippen molar-refractivity contribution in [2.24, 2.45) is 0 Å². The highest BCUT2D eigenvalue weighted by molar-refractivity contribution is 7.99. The Balaban J connectivity index is 1.93. The third kappa shape index (κ3) is 5.14. The molecule has 0 aliphatic carbocycles. The van der Waals surface area contributed by atoms with Crippen LogP contribution in [0.5, 0.6) is 0 Å². The molecule has 1 aromatic carbocycles. The third-order valence-corrected chi connectivity index (χ3v) is 4.15. The van der Waals surface area contributed by atoms with Crippen LogP contribution in [-0.4, -0.2) is 21.6 Å². The van der Waals surface area contributed by atoms with Crippen LogP contribution in [-0.2, 0) is 4.79 Å². The number of amides is 1. The summed E-state index contributed by atoms with van der Waals surface area (Å²) in [6.45, 7) is 4.08. The zero-order valence-electron chi connectivity index (χ0n) is 13.2. The number of rotatable bonds is 6. The summed E-state index contributed by atoms with van der Waals surface area (Å²) in [6, 6.07) is 9.65. The van der Waals surface area contributed by atoms with Crippen LogP contribution >= 0.6 is 11.8 Å². The number of anilines is 2. The molecule has 0 aliphatic rings. The molecule has 0 fully saturated rings. The highest BCUT2D eigenvalue weighted by atomic mass is 32.2. The molecule has 0 spiro atoms. The van der Waals surface area contributed by atoms with E-state index in [-0.39, 0.29) is 17.7 Å². The lowest BCUT2D eigenvalue weighted by Crippen LogP contribution is -2.29. The van der Waals surface area contributed by atoms with Crippen LogP contribution in [0, 0.1) is 6.92 Å². The minimum Gasteiger partial charge on any atom is -0.383 e. The SMILES string of the molecule is CCC(NC(=O)CSc1nc(N)cc(N)n1)c1ccc(C)cc1. The summed E-state index contributed by atoms with van der Waals surface area (Å²) < 4.78 is 0. The molecule has 2 aromatic rings. The summed E-state index contributed by atoms with van der Waals surface area (Å²) in [6.07, 6.45) is 0.821. The van der Waals surface area contributed by atoms with E-state index in [1.165, 1.54) is 23.4 Å². The van der Waals surface area contributed by atoms with E-state index in [1.54, 1.807) is 0 Å². The first-order valence-electron chi connectivity index (χ1n) is 7.36. The standard InChI is InChI=1S/C16H21N5OS/c1-3-12(11-6-4-10(2)5-7-11)19-15(22)9-23-16-20-13(17)8-14(18)21-16/h4-8,12H,3,9H2,1-2H3,(H,19,22)(H4,17,18,20,21). The van der Waals surface area contributed by atoms with Gasteiger partial charge >= 0.3 is 0 Å². The lowest BCUT2D eigenvalue weighted by atomic mass is 10.0. The number of aromatic nitrogens is 2. The quantitative estimate of drug-likeness (QED) is 0.554. The average Bonchev–Trinajstić information content (AvgIpc) is 2.51. The lowest BCUT2D eigenvalue weighted by Gasteiger charge is -2.17. The number of carbonyl (C=O) groups excluding carboxylic acids is 1. The number of aryl methyl sites for hydroxylation is 1. The number of nitrogens with zero attached hydrogens (tertiary/aromatic N) is 2. The van der Waals surface area contributed by atoms with Crippen molar-refractivity contribution in [2.75, 3.05) is 17.2 Å². The fraction of sp³-hybridized carbons (Fsp3) is 0.312. The van der Waals surface area contributed by atoms with E-state index in [1.807, 2.05) is 38.1 Å². The topological polar surface area (TPSA) is 107 Å². The van der Waals surface area contributed by atoms with Crippen LogP contribution in [0.4, 0.5) is 11.6 Å². The number of hydrogen-bond acceptors (Lipinski definition) is 6. The molecule has 122 valence electrons. The predicted octanol–water partition coefficient (Wildman–Crippen LogP) is 2.31. The third-order valence-electron chi connectivity index (χ3n) is 3.30. The Kier molecular flexibility index (Phi) is 5.81. The van der Waals surface area contributed by atoms with E-state index in [0.29, 0.717) is 16.8 Å². The van der Waals surface area contributed by atoms with Crippen molar-refractivity contribution >= 4 is 29.3 Å². The molecule has 7 heteroatoms. The van der Waals surface area contributed by atoms with Crippen molar-refractivity contribution < 1.29 is 4.79 Å². The number of carbonyl (C=O) groups is 1. The van der Waals surface area contributed by atoms with Gasteiger partial charge in [-0.25, -0.2) is 9.97 Å². The second-order valence-corrected chi connectivity index (χ2v) is 6.17. The molecule has 1 aromatic heterocycles. The van der Waals surface area contributed by atoms with Gasteiger partial charge in [-0.05, 0) is 18.9 Å². The zero-order valence-corrected chi connectivity index (χ0v) is 14.1. The maximum atomic E-state index is 12.1. The summed E-state index contributed by atoms with van der Waals surface area (Å²) in [5, 5.41) is 3.43. The molecule has 1 amide bonds. The minimum atomic E-state index is -0.0768. The van der Waals surface area contributed by atoms with Gasteiger partial charge in [-0.15, -0.1) is 0 Å². The van der Waals surface area contributed by atoms with E-state index in [9.17, 15) is 4.79 Å². The monoisotopic (exact) mass is 331 g/mol. The molecular weight excluding hydrogens is 310 g/mol. The first-order valence-corrected chi connectivity index (χ1v) is 8.35. The van der Waals surface area contributed by atoms with Crippen molar-refractivity contribution in [1.29, 1.82) is 0 Å². The normalized spacial score (nSPS) is 11.9. The maximum absolute atomic E-state index is 12.1. The van der Waals surface area contributed by atoms with Crippen LogP contribution in [0.15, 0.2) is 35.5 Å². The summed E-state index contributed by atoms with van der Waals surface area (Å²) >= 11 is 1.21. The average molecular weight is 331 g/mol. The number of nitrogen functional groups attached to an aromatic ring is 2. The van der Waals surface area contributed by atoms with Gasteiger partial charge in [0.2, 0.25) is 5.91 Å². The molecule has 2 rings (SSSR count). The van der Waals surface area contributed by atoms with E-state index in [0.717, 1.165) is 12.0 Å². The van der Waals surface area contributed by atoms with Crippen LogP contribution in [0.1, 0.15) is 30.5 Å². The van der Waals surface area contributed by atoms with Crippen LogP contribution in [0.25, 0.3) is 0 Å². The van der Waals surface area contributed by atoms with Gasteiger partial charge in [0.15, 0.2) is 5.16 Å². The minimum absolute atomic E-state index is 0.00414. The molecule has 0 saturated carbocycles. The van der Waals surface area contributed by atoms with Gasteiger partial charge in [0, 0.05) is 6.07 Å². The number of benzene rings is 1. The van der Waals surface area contributed by atoms with Crippen molar-refractivity contribution in [1.82, 2.24) is 15.3 Å². The molecule has 1 atom stereocenters. The van der Waals surface area contributed by atoms with Crippen molar-refractivity contribution in [2.45, 2.75) is 31.5 Å². The molecular formula is C16H21N5OS. The molecule has 0 radical (unpaired) electrons. The molecule has 5 N–H and O–H groups in total. The van der Waals surface area contributed by atoms with Crippen molar-refractivity contribution in [3.63, 3.8) is 0 Å². The largest absolute Gasteiger partial charge is 0.383 e. The van der Waals surface area contributed by atoms with E-state index < -0.39 is 0 Å². The molecule has 1 unspecified atom stereocenters. The Morgan fingerprint density at radius 1 is 1.22 bits per heavy atom. The van der Waals surface area contributed by atoms with E-state index >= 15 is 0 Å². The van der Waals surface area contributed by atoms with Gasteiger partial charge in [-0.1, -0.05) is 48.5 Å². The Hall–Kier alpha value is -2.28. The maximum Gasteiger partial charge on any atom is 0.230 e. The van der Waals surface area contributed by atoms with Gasteiger partial charge in [0.05, 0.1) is 11.8 Å². The smallest absolute Gasteiger partial charge is 0.230 e. The van der Waals surface area contributed by atoms with Crippen LogP contribution < -0.4 is 16.8 Å². The van der Waals surface area contributed by atoms with Crippen LogP contribution in [0.3, 0.4) is 0 Å². The summed E-state index contributed by atoms with van der Waals surface area (Å²) in [7, 11) is 0. The van der Waals surface area contributed by atoms with Crippen LogP contribution in [0.2, 0.25) is 0 Å². The number of thioether (sulfide) groups is 1. The number of nitrogens with one attached hydrogen (secondary N) is 1. The molecule has 23 heavy (non-hydrogen) atoms. The van der Waals surface area contributed by atoms with Gasteiger partial charge in [-0.3, -0.25) is 4.79 Å². The predicted molar refractivity (Wildman–Crippen MR) is 93.9 cm³/mol. The Morgan fingerprint density at radius 3 is 2.39 bits per heavy atom. The highest BCUT2D eigenvalue weighted by Gasteiger charge is 2.13. The Morgan fingerprint density at radius 2 is 1.83 bits per heavy atom. The molecule has 0 aliphatic heterocycles. The molecule has 0 bridgehead atoms. The Bertz CT molecular complexity index is 654. The molecule has 1 heterocycles. The lowest BCUT2D eigenvalue weighted by molar-refractivity contribution is -0.119. The van der Waals surface area contributed by atoms with Crippen molar-refractivity contribution in [3.05, 3.63) is 41.5 Å². The van der Waals surface area contributed by atoms with E-state index in [2.05, 4.69) is 15.3 Å². The summed E-state index contributed by atoms with van der Waals surface area (Å²) in [4.78, 5) is 20.2. The fourth-order valence-electron chi connectivity index (χ4n) is 2.11. The number of nitrogens with two attached hydrogens (primary N) is 2. The fourth-order valence-corrected chi connectivity index (χ4v) is 2.80. The second kappa shape index (κ2) is 7.82. The van der Waals surface area contributed by atoms with Gasteiger partial charge in [-0.2, -0.15) is 0 Å². The second-order valence-electron chi connectivity index (χ2n) is 5.23. The van der Waals surface area contributed by atoms with E-state index in [4.69, 9.17) is 11.5 Å². The molecule has 0 saturated heterocycles. The Labute approximate surface area is 140 Å². The zero-order chi connectivity index (χ0) is 16.8. The number of hydrogen-bond donors (Lipinski definition) is 3. The molecule has 6 nitrogen and oxygen atoms in total. The summed E-state index contributed by atoms with van der Waals surface area (Å²) in [5.41, 5.74) is 13.5. The van der Waals surface area contributed by atoms with Gasteiger partial charge in [0.25, 0.3) is 0 Å². The van der Waals surface area contributed by atoms with Crippen molar-refractivity contribution in [3.8, 4) is 0 Å². The van der Waals surface area contributed by atoms with Gasteiger partial charge in [0.1, 0.15) is 11.6 Å². The first kappa shape index (κ1) is 17.1. The first-order chi connectivity index (χ1) is 11.0. The highest BCUT2D eigenvalue weighted by Crippen LogP contribution is 2.19. The van der Waals surface area contributed by atoms with Gasteiger partial charge < -0.3 is 16.8 Å². The summed E-state index contributed by atoms with van der Waals surface area (Å²) in [5.74, 6) is 0.732.